The predicted octanol–water partition coefficient (Wildman–Crippen LogP) is 5.35. The molecule has 3 heterocycles. The maximum atomic E-state index is 14.0. The number of rotatable bonds is 5. The molecule has 2 aliphatic rings. The zero-order chi connectivity index (χ0) is 29.4. The molecule has 0 radical (unpaired) electrons. The number of fused-ring (bicyclic) bond motifs is 1. The minimum Gasteiger partial charge on any atom is -0.448 e. The molecule has 2 N–H and O–H groups in total. The Bertz CT molecular complexity index is 1540. The van der Waals surface area contributed by atoms with Gasteiger partial charge in [0.2, 0.25) is 6.23 Å². The number of hydrogen-bond acceptors (Lipinski definition) is 5. The first-order valence-corrected chi connectivity index (χ1v) is 13.6. The summed E-state index contributed by atoms with van der Waals surface area (Å²) in [6.07, 6.45) is 4.05. The van der Waals surface area contributed by atoms with Gasteiger partial charge in [-0.25, -0.2) is 28.0 Å². The molecule has 2 aromatic heterocycles. The molecular formula is C28H29ClF2N6O4. The first-order valence-electron chi connectivity index (χ1n) is 13.2. The van der Waals surface area contributed by atoms with Gasteiger partial charge in [-0.2, -0.15) is 4.68 Å². The highest BCUT2D eigenvalue weighted by molar-refractivity contribution is 6.30. The number of nitrogens with zero attached hydrogens (tertiary/aromatic N) is 4. The molecule has 41 heavy (non-hydrogen) atoms. The van der Waals surface area contributed by atoms with Crippen LogP contribution < -0.4 is 25.8 Å². The van der Waals surface area contributed by atoms with E-state index in [0.717, 1.165) is 51.9 Å². The van der Waals surface area contributed by atoms with Crippen molar-refractivity contribution in [3.05, 3.63) is 81.9 Å². The molecule has 1 aromatic carbocycles. The van der Waals surface area contributed by atoms with Crippen LogP contribution in [0.3, 0.4) is 0 Å². The van der Waals surface area contributed by atoms with Crippen LogP contribution in [-0.2, 0) is 6.54 Å². The van der Waals surface area contributed by atoms with E-state index in [2.05, 4.69) is 36.0 Å². The fourth-order valence-electron chi connectivity index (χ4n) is 5.31. The third-order valence-corrected chi connectivity index (χ3v) is 7.86. The van der Waals surface area contributed by atoms with E-state index in [-0.39, 0.29) is 46.5 Å². The summed E-state index contributed by atoms with van der Waals surface area (Å²) in [4.78, 5) is 46.2. The largest absolute Gasteiger partial charge is 0.448 e. The third kappa shape index (κ3) is 5.56. The number of hydrogen-bond donors (Lipinski definition) is 2. The SMILES string of the molecule is C=CC1Oc2c(c(=O)n(Cc3ccc(F)cn3)n2C(=O)Nc2cc(F)cc(Cl)c2)N1C(=O)NC1CCCC(C)C1C. The first-order chi connectivity index (χ1) is 19.6. The van der Waals surface area contributed by atoms with Crippen molar-refractivity contribution in [1.29, 1.82) is 0 Å². The van der Waals surface area contributed by atoms with Crippen molar-refractivity contribution in [2.45, 2.75) is 51.9 Å². The molecule has 1 fully saturated rings. The number of benzene rings is 1. The quantitative estimate of drug-likeness (QED) is 0.392. The molecule has 5 rings (SSSR count). The number of aromatic nitrogens is 3. The van der Waals surface area contributed by atoms with Crippen molar-refractivity contribution in [3.63, 3.8) is 0 Å². The number of halogens is 3. The second-order valence-corrected chi connectivity index (χ2v) is 10.8. The number of carbonyl (C=O) groups excluding carboxylic acids is 2. The molecule has 4 atom stereocenters. The summed E-state index contributed by atoms with van der Waals surface area (Å²) in [5, 5.41) is 5.58. The van der Waals surface area contributed by atoms with Gasteiger partial charge in [0.15, 0.2) is 5.69 Å². The van der Waals surface area contributed by atoms with Crippen LogP contribution in [0.25, 0.3) is 0 Å². The van der Waals surface area contributed by atoms with Crippen LogP contribution in [0.5, 0.6) is 5.88 Å². The Labute approximate surface area is 239 Å². The van der Waals surface area contributed by atoms with E-state index in [4.69, 9.17) is 16.3 Å². The number of nitrogens with one attached hydrogen (secondary N) is 2. The summed E-state index contributed by atoms with van der Waals surface area (Å²) in [5.74, 6) is -0.854. The highest BCUT2D eigenvalue weighted by Crippen LogP contribution is 2.37. The molecule has 1 aliphatic heterocycles. The Balaban J connectivity index is 1.56. The molecule has 10 nitrogen and oxygen atoms in total. The third-order valence-electron chi connectivity index (χ3n) is 7.64. The maximum absolute atomic E-state index is 14.0. The molecule has 0 bridgehead atoms. The van der Waals surface area contributed by atoms with Gasteiger partial charge < -0.3 is 15.4 Å². The lowest BCUT2D eigenvalue weighted by Gasteiger charge is -2.35. The lowest BCUT2D eigenvalue weighted by atomic mass is 9.78. The summed E-state index contributed by atoms with van der Waals surface area (Å²) in [7, 11) is 0. The highest BCUT2D eigenvalue weighted by Gasteiger charge is 2.44. The normalized spacial score (nSPS) is 21.6. The molecule has 1 aliphatic carbocycles. The van der Waals surface area contributed by atoms with E-state index in [9.17, 15) is 23.2 Å². The van der Waals surface area contributed by atoms with E-state index in [1.54, 1.807) is 0 Å². The van der Waals surface area contributed by atoms with Crippen LogP contribution in [0.4, 0.5) is 29.7 Å². The molecule has 0 spiro atoms. The number of ether oxygens (including phenoxy) is 1. The number of urea groups is 1. The fourth-order valence-corrected chi connectivity index (χ4v) is 5.53. The van der Waals surface area contributed by atoms with Crippen molar-refractivity contribution in [1.82, 2.24) is 19.7 Å². The van der Waals surface area contributed by atoms with Crippen molar-refractivity contribution < 1.29 is 23.1 Å². The van der Waals surface area contributed by atoms with Gasteiger partial charge in [-0.15, -0.1) is 0 Å². The van der Waals surface area contributed by atoms with Crippen LogP contribution >= 0.6 is 11.6 Å². The van der Waals surface area contributed by atoms with Gasteiger partial charge in [0.05, 0.1) is 18.4 Å². The lowest BCUT2D eigenvalue weighted by molar-refractivity contribution is 0.189. The van der Waals surface area contributed by atoms with Crippen molar-refractivity contribution in [3.8, 4) is 5.88 Å². The van der Waals surface area contributed by atoms with Gasteiger partial charge in [-0.05, 0) is 54.7 Å². The van der Waals surface area contributed by atoms with Gasteiger partial charge in [0, 0.05) is 16.8 Å². The lowest BCUT2D eigenvalue weighted by Crippen LogP contribution is -2.53. The average molecular weight is 587 g/mol. The van der Waals surface area contributed by atoms with Crippen molar-refractivity contribution >= 4 is 35.0 Å². The highest BCUT2D eigenvalue weighted by atomic mass is 35.5. The van der Waals surface area contributed by atoms with Gasteiger partial charge in [-0.3, -0.25) is 9.78 Å². The van der Waals surface area contributed by atoms with Gasteiger partial charge in [-0.1, -0.05) is 44.9 Å². The van der Waals surface area contributed by atoms with Crippen LogP contribution in [0.2, 0.25) is 5.02 Å². The van der Waals surface area contributed by atoms with Crippen LogP contribution in [0.15, 0.2) is 54.0 Å². The number of amides is 3. The molecule has 4 unspecified atom stereocenters. The molecular weight excluding hydrogens is 558 g/mol. The average Bonchev–Trinajstić information content (AvgIpc) is 3.42. The molecule has 216 valence electrons. The zero-order valence-corrected chi connectivity index (χ0v) is 23.2. The summed E-state index contributed by atoms with van der Waals surface area (Å²) in [6.45, 7) is 7.68. The Morgan fingerprint density at radius 1 is 1.17 bits per heavy atom. The summed E-state index contributed by atoms with van der Waals surface area (Å²) >= 11 is 5.94. The van der Waals surface area contributed by atoms with Crippen molar-refractivity contribution in [2.75, 3.05) is 10.2 Å². The molecule has 1 saturated carbocycles. The zero-order valence-electron chi connectivity index (χ0n) is 22.4. The Morgan fingerprint density at radius 3 is 2.63 bits per heavy atom. The monoisotopic (exact) mass is 586 g/mol. The van der Waals surface area contributed by atoms with Gasteiger partial charge in [0.25, 0.3) is 11.4 Å². The molecule has 3 amide bonds. The maximum Gasteiger partial charge on any atom is 0.348 e. The summed E-state index contributed by atoms with van der Waals surface area (Å²) in [5.41, 5.74) is -0.634. The second kappa shape index (κ2) is 11.4. The van der Waals surface area contributed by atoms with Crippen LogP contribution in [0.1, 0.15) is 38.8 Å². The van der Waals surface area contributed by atoms with Gasteiger partial charge in [0.1, 0.15) is 11.6 Å². The standard InChI is InChI=1S/C28H29ClF2N6O4/c1-4-23-36(27(39)34-22-7-5-6-15(2)16(22)3)24-25(38)35(14-20-9-8-18(30)13-32-20)37(26(24)41-23)28(40)33-21-11-17(29)10-19(31)12-21/h4,8-13,15-16,22-23H,1,5-7,14H2,2-3H3,(H,33,40)(H,34,39). The summed E-state index contributed by atoms with van der Waals surface area (Å²) < 4.78 is 35.3. The molecule has 3 aromatic rings. The van der Waals surface area contributed by atoms with Crippen LogP contribution in [-0.4, -0.2) is 38.7 Å². The minimum absolute atomic E-state index is 0.0228. The number of pyridine rings is 1. The number of anilines is 2. The second-order valence-electron chi connectivity index (χ2n) is 10.3. The Morgan fingerprint density at radius 2 is 1.95 bits per heavy atom. The van der Waals surface area contributed by atoms with Crippen molar-refractivity contribution in [2.24, 2.45) is 11.8 Å². The topological polar surface area (TPSA) is 110 Å². The van der Waals surface area contributed by atoms with Crippen LogP contribution in [0, 0.1) is 23.5 Å². The molecule has 13 heteroatoms. The van der Waals surface area contributed by atoms with E-state index in [1.165, 1.54) is 24.3 Å². The van der Waals surface area contributed by atoms with E-state index in [0.29, 0.717) is 5.92 Å². The molecule has 0 saturated heterocycles. The Hall–Kier alpha value is -4.19. The van der Waals surface area contributed by atoms with E-state index >= 15 is 0 Å². The first kappa shape index (κ1) is 28.3. The smallest absolute Gasteiger partial charge is 0.348 e. The van der Waals surface area contributed by atoms with Gasteiger partial charge >= 0.3 is 12.1 Å². The number of carbonyl (C=O) groups is 2. The van der Waals surface area contributed by atoms with E-state index in [1.807, 2.05) is 0 Å². The minimum atomic E-state index is -1.08. The summed E-state index contributed by atoms with van der Waals surface area (Å²) in [6, 6.07) is 4.40. The Kier molecular flexibility index (Phi) is 7.85. The van der Waals surface area contributed by atoms with E-state index < -0.39 is 35.5 Å². The fraction of sp³-hybridized carbons (Fsp3) is 0.357. The predicted molar refractivity (Wildman–Crippen MR) is 149 cm³/mol.